The van der Waals surface area contributed by atoms with E-state index in [1.807, 2.05) is 60.7 Å². The first-order valence-corrected chi connectivity index (χ1v) is 11.3. The number of aromatic nitrogens is 2. The maximum absolute atomic E-state index is 13.8. The summed E-state index contributed by atoms with van der Waals surface area (Å²) in [5.74, 6) is -1.72. The first-order valence-electron chi connectivity index (χ1n) is 11.3. The van der Waals surface area contributed by atoms with Crippen molar-refractivity contribution >= 4 is 23.2 Å². The quantitative estimate of drug-likeness (QED) is 0.227. The number of benzene rings is 3. The van der Waals surface area contributed by atoms with Crippen LogP contribution in [0.4, 0.5) is 11.4 Å². The topological polar surface area (TPSA) is 126 Å². The summed E-state index contributed by atoms with van der Waals surface area (Å²) in [5.41, 5.74) is -0.309. The van der Waals surface area contributed by atoms with E-state index in [0.29, 0.717) is 0 Å². The molecule has 10 nitrogen and oxygen atoms in total. The number of carbonyl (C=O) groups is 2. The van der Waals surface area contributed by atoms with Gasteiger partial charge in [-0.3, -0.25) is 28.4 Å². The number of hydrogen-bond donors (Lipinski definition) is 1. The van der Waals surface area contributed by atoms with E-state index in [4.69, 9.17) is 0 Å². The van der Waals surface area contributed by atoms with Crippen LogP contribution in [-0.2, 0) is 31.2 Å². The van der Waals surface area contributed by atoms with E-state index < -0.39 is 40.7 Å². The number of hydrogen-bond acceptors (Lipinski definition) is 7. The second kappa shape index (κ2) is 10.4. The Balaban J connectivity index is 0.00000336. The molecule has 5 rings (SSSR count). The SMILES string of the molecule is Cn1c(O)c(N=Nc2cccc3c2C(=O)N(C(c2ccccc2)c2ccccc2)C3=O)c(=O)n(C)c1=O.[Cu+2]. The molecule has 1 aliphatic rings. The van der Waals surface area contributed by atoms with Crippen LogP contribution < -0.4 is 11.2 Å². The van der Waals surface area contributed by atoms with Gasteiger partial charge in [0.15, 0.2) is 0 Å². The van der Waals surface area contributed by atoms with E-state index in [2.05, 4.69) is 10.2 Å². The number of fused-ring (bicyclic) bond motifs is 1. The Labute approximate surface area is 227 Å². The van der Waals surface area contributed by atoms with Crippen LogP contribution in [0.5, 0.6) is 5.88 Å². The minimum absolute atomic E-state index is 0. The van der Waals surface area contributed by atoms with Crippen LogP contribution in [0.25, 0.3) is 0 Å². The molecular formula is C27H21CuN5O5+2. The molecule has 0 fully saturated rings. The molecule has 3 aromatic carbocycles. The van der Waals surface area contributed by atoms with Crippen molar-refractivity contribution in [3.05, 3.63) is 122 Å². The minimum Gasteiger partial charge on any atom is -0.493 e. The van der Waals surface area contributed by atoms with E-state index >= 15 is 0 Å². The van der Waals surface area contributed by atoms with Crippen LogP contribution in [0.2, 0.25) is 0 Å². The Morgan fingerprint density at radius 3 is 1.87 bits per heavy atom. The van der Waals surface area contributed by atoms with E-state index in [1.165, 1.54) is 31.1 Å². The second-order valence-corrected chi connectivity index (χ2v) is 8.48. The van der Waals surface area contributed by atoms with Gasteiger partial charge >= 0.3 is 22.8 Å². The van der Waals surface area contributed by atoms with Gasteiger partial charge in [-0.05, 0) is 23.3 Å². The van der Waals surface area contributed by atoms with Gasteiger partial charge in [0, 0.05) is 14.1 Å². The zero-order valence-electron chi connectivity index (χ0n) is 20.2. The number of imide groups is 1. The number of azo groups is 1. The Kier molecular flexibility index (Phi) is 7.25. The molecule has 38 heavy (non-hydrogen) atoms. The standard InChI is InChI=1S/C27H21N5O5.Cu/c1-30-25(35)21(26(36)31(2)27(30)37)29-28-19-15-9-14-18-20(19)24(34)32(23(18)33)22(16-10-5-3-6-11-16)17-12-7-4-8-13-17;/h3-15,22,35H,1-2H3;/q;+2. The number of nitrogens with zero attached hydrogens (tertiary/aromatic N) is 5. The first kappa shape index (κ1) is 26.5. The molecule has 1 N–H and O–H groups in total. The molecule has 193 valence electrons. The fourth-order valence-electron chi connectivity index (χ4n) is 4.37. The molecule has 1 aromatic heterocycles. The van der Waals surface area contributed by atoms with Crippen molar-refractivity contribution < 1.29 is 31.8 Å². The summed E-state index contributed by atoms with van der Waals surface area (Å²) < 4.78 is 1.64. The van der Waals surface area contributed by atoms with Crippen molar-refractivity contribution in [1.29, 1.82) is 0 Å². The summed E-state index contributed by atoms with van der Waals surface area (Å²) in [7, 11) is 2.53. The van der Waals surface area contributed by atoms with Gasteiger partial charge < -0.3 is 5.11 Å². The maximum Gasteiger partial charge on any atom is 2.00 e. The second-order valence-electron chi connectivity index (χ2n) is 8.48. The number of amides is 2. The monoisotopic (exact) mass is 558 g/mol. The van der Waals surface area contributed by atoms with Crippen molar-refractivity contribution in [3.63, 3.8) is 0 Å². The fraction of sp³-hybridized carbons (Fsp3) is 0.111. The van der Waals surface area contributed by atoms with Crippen molar-refractivity contribution in [1.82, 2.24) is 14.0 Å². The molecule has 11 heteroatoms. The van der Waals surface area contributed by atoms with Crippen molar-refractivity contribution in [2.45, 2.75) is 6.04 Å². The van der Waals surface area contributed by atoms with Crippen LogP contribution in [0.3, 0.4) is 0 Å². The minimum atomic E-state index is -0.853. The van der Waals surface area contributed by atoms with E-state index in [-0.39, 0.29) is 33.9 Å². The van der Waals surface area contributed by atoms with Crippen LogP contribution >= 0.6 is 0 Å². The predicted molar refractivity (Wildman–Crippen MR) is 134 cm³/mol. The first-order chi connectivity index (χ1) is 17.8. The summed E-state index contributed by atoms with van der Waals surface area (Å²) in [6.45, 7) is 0. The average Bonchev–Trinajstić information content (AvgIpc) is 3.18. The third-order valence-corrected chi connectivity index (χ3v) is 6.28. The van der Waals surface area contributed by atoms with Gasteiger partial charge in [-0.15, -0.1) is 10.2 Å². The molecule has 0 saturated carbocycles. The molecule has 0 bridgehead atoms. The summed E-state index contributed by atoms with van der Waals surface area (Å²) in [4.78, 5) is 53.0. The number of carbonyl (C=O) groups excluding carboxylic acids is 2. The van der Waals surface area contributed by atoms with Gasteiger partial charge in [-0.2, -0.15) is 0 Å². The third kappa shape index (κ3) is 4.27. The van der Waals surface area contributed by atoms with Crippen molar-refractivity contribution in [3.8, 4) is 5.88 Å². The molecule has 0 atom stereocenters. The average molecular weight is 559 g/mol. The third-order valence-electron chi connectivity index (χ3n) is 6.28. The van der Waals surface area contributed by atoms with Gasteiger partial charge in [0.05, 0.1) is 22.9 Å². The van der Waals surface area contributed by atoms with E-state index in [9.17, 15) is 24.3 Å². The fourth-order valence-corrected chi connectivity index (χ4v) is 4.37. The van der Waals surface area contributed by atoms with Crippen LogP contribution in [0.1, 0.15) is 37.9 Å². The number of rotatable bonds is 5. The predicted octanol–water partition coefficient (Wildman–Crippen LogP) is 3.59. The Bertz CT molecular complexity index is 1660. The molecular weight excluding hydrogens is 538 g/mol. The summed E-state index contributed by atoms with van der Waals surface area (Å²) in [6, 6.07) is 22.3. The van der Waals surface area contributed by atoms with E-state index in [0.717, 1.165) is 20.3 Å². The molecule has 1 aliphatic heterocycles. The largest absolute Gasteiger partial charge is 2.00 e. The summed E-state index contributed by atoms with van der Waals surface area (Å²) >= 11 is 0. The molecule has 2 heterocycles. The Morgan fingerprint density at radius 2 is 1.29 bits per heavy atom. The normalized spacial score (nSPS) is 12.8. The van der Waals surface area contributed by atoms with Crippen molar-refractivity contribution in [2.75, 3.05) is 0 Å². The molecule has 0 spiro atoms. The van der Waals surface area contributed by atoms with Gasteiger partial charge in [0.1, 0.15) is 0 Å². The zero-order chi connectivity index (χ0) is 26.3. The summed E-state index contributed by atoms with van der Waals surface area (Å²) in [5, 5.41) is 18.2. The smallest absolute Gasteiger partial charge is 0.493 e. The Morgan fingerprint density at radius 1 is 0.711 bits per heavy atom. The number of aromatic hydroxyl groups is 1. The Hall–Kier alpha value is -4.60. The van der Waals surface area contributed by atoms with Crippen LogP contribution in [-0.4, -0.2) is 31.0 Å². The van der Waals surface area contributed by atoms with Gasteiger partial charge in [0.2, 0.25) is 11.6 Å². The zero-order valence-corrected chi connectivity index (χ0v) is 21.1. The molecule has 1 radical (unpaired) electrons. The van der Waals surface area contributed by atoms with Gasteiger partial charge in [0.25, 0.3) is 17.4 Å². The molecule has 4 aromatic rings. The van der Waals surface area contributed by atoms with Crippen LogP contribution in [0, 0.1) is 0 Å². The summed E-state index contributed by atoms with van der Waals surface area (Å²) in [6.07, 6.45) is 0. The van der Waals surface area contributed by atoms with Gasteiger partial charge in [-0.1, -0.05) is 66.7 Å². The van der Waals surface area contributed by atoms with Gasteiger partial charge in [-0.25, -0.2) is 4.79 Å². The molecule has 0 saturated heterocycles. The van der Waals surface area contributed by atoms with E-state index in [1.54, 1.807) is 6.07 Å². The molecule has 0 unspecified atom stereocenters. The van der Waals surface area contributed by atoms with Crippen LogP contribution in [0.15, 0.2) is 98.7 Å². The maximum atomic E-state index is 13.8. The van der Waals surface area contributed by atoms with Crippen molar-refractivity contribution in [2.24, 2.45) is 24.3 Å². The molecule has 2 amide bonds. The molecule has 0 aliphatic carbocycles.